The number of hydrogen-bond acceptors (Lipinski definition) is 8. The zero-order valence-corrected chi connectivity index (χ0v) is 26.6. The van der Waals surface area contributed by atoms with Crippen molar-refractivity contribution in [2.45, 2.75) is 55.3 Å². The van der Waals surface area contributed by atoms with Crippen LogP contribution in [0, 0.1) is 0 Å². The van der Waals surface area contributed by atoms with Gasteiger partial charge in [-0.1, -0.05) is 90.6 Å². The summed E-state index contributed by atoms with van der Waals surface area (Å²) in [5.74, 6) is -0.539. The third-order valence-corrected chi connectivity index (χ3v) is 10.1. The number of hydrogen-bond donors (Lipinski definition) is 3. The Morgan fingerprint density at radius 2 is 1.65 bits per heavy atom. The van der Waals surface area contributed by atoms with Gasteiger partial charge in [-0.15, -0.1) is 11.3 Å². The number of para-hydroxylation sites is 1. The molecule has 1 amide bonds. The van der Waals surface area contributed by atoms with Crippen LogP contribution >= 0.6 is 23.1 Å². The molecule has 3 atom stereocenters. The van der Waals surface area contributed by atoms with E-state index in [4.69, 9.17) is 19.6 Å². The molecule has 6 rings (SSSR count). The molecule has 0 radical (unpaired) electrons. The Kier molecular flexibility index (Phi) is 10.4. The van der Waals surface area contributed by atoms with Crippen LogP contribution in [0.2, 0.25) is 0 Å². The van der Waals surface area contributed by atoms with Gasteiger partial charge in [0.15, 0.2) is 10.6 Å². The first-order valence-corrected chi connectivity index (χ1v) is 16.9. The molecule has 0 bridgehead atoms. The highest BCUT2D eigenvalue weighted by molar-refractivity contribution is 8.01. The molecule has 10 heteroatoms. The summed E-state index contributed by atoms with van der Waals surface area (Å²) >= 11 is 3.40. The maximum Gasteiger partial charge on any atom is 0.303 e. The molecule has 236 valence electrons. The summed E-state index contributed by atoms with van der Waals surface area (Å²) in [4.78, 5) is 27.5. The van der Waals surface area contributed by atoms with Gasteiger partial charge < -0.3 is 25.0 Å². The average molecular weight is 655 g/mol. The summed E-state index contributed by atoms with van der Waals surface area (Å²) in [6.45, 7) is 0.320. The summed E-state index contributed by atoms with van der Waals surface area (Å²) in [5, 5.41) is 21.1. The largest absolute Gasteiger partial charge is 0.481 e. The molecule has 2 heterocycles. The van der Waals surface area contributed by atoms with E-state index < -0.39 is 12.3 Å². The summed E-state index contributed by atoms with van der Waals surface area (Å²) in [5.41, 5.74) is 6.76. The maximum atomic E-state index is 12.0. The molecule has 4 aromatic carbocycles. The van der Waals surface area contributed by atoms with Crippen molar-refractivity contribution in [3.8, 4) is 11.1 Å². The summed E-state index contributed by atoms with van der Waals surface area (Å²) in [7, 11) is 0. The van der Waals surface area contributed by atoms with Crippen LogP contribution in [0.3, 0.4) is 0 Å². The van der Waals surface area contributed by atoms with Gasteiger partial charge in [-0.3, -0.25) is 9.59 Å². The van der Waals surface area contributed by atoms with Crippen molar-refractivity contribution in [1.29, 1.82) is 0 Å². The van der Waals surface area contributed by atoms with Gasteiger partial charge in [0.25, 0.3) is 0 Å². The molecule has 1 saturated heterocycles. The molecule has 1 fully saturated rings. The van der Waals surface area contributed by atoms with Gasteiger partial charge in [-0.2, -0.15) is 0 Å². The van der Waals surface area contributed by atoms with Crippen LogP contribution in [-0.4, -0.2) is 38.9 Å². The fraction of sp³-hybridized carbons (Fsp3) is 0.250. The van der Waals surface area contributed by atoms with E-state index in [1.807, 2.05) is 91.0 Å². The van der Waals surface area contributed by atoms with E-state index >= 15 is 0 Å². The lowest BCUT2D eigenvalue weighted by atomic mass is 9.99. The van der Waals surface area contributed by atoms with Gasteiger partial charge in [0.2, 0.25) is 5.91 Å². The maximum absolute atomic E-state index is 12.0. The monoisotopic (exact) mass is 654 g/mol. The zero-order chi connectivity index (χ0) is 31.9. The third kappa shape index (κ3) is 8.20. The number of aromatic nitrogens is 1. The normalized spacial score (nSPS) is 18.0. The van der Waals surface area contributed by atoms with Crippen LogP contribution in [0.1, 0.15) is 53.9 Å². The molecular formula is C36H34N2O6S2. The van der Waals surface area contributed by atoms with E-state index in [2.05, 4.69) is 11.4 Å². The Balaban J connectivity index is 1.15. The summed E-state index contributed by atoms with van der Waals surface area (Å²) in [6.07, 6.45) is -0.331. The molecule has 1 aliphatic heterocycles. The first-order chi connectivity index (χ1) is 22.4. The van der Waals surface area contributed by atoms with E-state index in [0.717, 1.165) is 49.0 Å². The fourth-order valence-electron chi connectivity index (χ4n) is 5.30. The molecule has 1 aromatic heterocycles. The minimum atomic E-state index is -0.990. The average Bonchev–Trinajstić information content (AvgIpc) is 3.52. The SMILES string of the molecule is O=C(O)CCC(=O)NCc1cccc(-c2ccc([C@@H]3O[C@H](CSc4nc5ccccc5s4)C[C@H](c4ccc(CO)cc4)O3)cc2)c1. The number of aliphatic hydroxyl groups is 1. The van der Waals surface area contributed by atoms with E-state index in [9.17, 15) is 14.7 Å². The number of aliphatic hydroxyl groups excluding tert-OH is 1. The van der Waals surface area contributed by atoms with E-state index in [0.29, 0.717) is 13.0 Å². The Hall–Kier alpha value is -4.06. The van der Waals surface area contributed by atoms with Crippen molar-refractivity contribution in [2.75, 3.05) is 5.75 Å². The lowest BCUT2D eigenvalue weighted by molar-refractivity contribution is -0.245. The molecule has 5 aromatic rings. The number of amides is 1. The van der Waals surface area contributed by atoms with Crippen molar-refractivity contribution in [3.05, 3.63) is 119 Å². The predicted molar refractivity (Wildman–Crippen MR) is 179 cm³/mol. The number of benzene rings is 4. The minimum absolute atomic E-state index is 0.00431. The Morgan fingerprint density at radius 3 is 2.41 bits per heavy atom. The first-order valence-electron chi connectivity index (χ1n) is 15.1. The number of fused-ring (bicyclic) bond motifs is 1. The van der Waals surface area contributed by atoms with Crippen molar-refractivity contribution < 1.29 is 29.3 Å². The molecule has 0 saturated carbocycles. The Labute approximate surface area is 275 Å². The van der Waals surface area contributed by atoms with Gasteiger partial charge in [-0.25, -0.2) is 4.98 Å². The molecule has 8 nitrogen and oxygen atoms in total. The van der Waals surface area contributed by atoms with E-state index in [1.54, 1.807) is 23.1 Å². The summed E-state index contributed by atoms with van der Waals surface area (Å²) < 4.78 is 15.3. The molecule has 0 unspecified atom stereocenters. The van der Waals surface area contributed by atoms with Crippen LogP contribution in [0.15, 0.2) is 101 Å². The second-order valence-corrected chi connectivity index (χ2v) is 13.4. The van der Waals surface area contributed by atoms with Gasteiger partial charge in [-0.05, 0) is 46.0 Å². The lowest BCUT2D eigenvalue weighted by Crippen LogP contribution is -2.31. The number of ether oxygens (including phenoxy) is 2. The number of carboxylic acid groups (broad SMARTS) is 1. The molecule has 46 heavy (non-hydrogen) atoms. The molecule has 0 spiro atoms. The van der Waals surface area contributed by atoms with E-state index in [-0.39, 0.29) is 37.6 Å². The fourth-order valence-corrected chi connectivity index (χ4v) is 7.42. The number of aliphatic carboxylic acids is 1. The second kappa shape index (κ2) is 15.0. The summed E-state index contributed by atoms with van der Waals surface area (Å²) in [6, 6.07) is 32.1. The van der Waals surface area contributed by atoms with Crippen LogP contribution < -0.4 is 5.32 Å². The highest BCUT2D eigenvalue weighted by Crippen LogP contribution is 2.40. The quantitative estimate of drug-likeness (QED) is 0.120. The number of nitrogens with one attached hydrogen (secondary N) is 1. The highest BCUT2D eigenvalue weighted by atomic mass is 32.2. The topological polar surface area (TPSA) is 118 Å². The molecule has 1 aliphatic rings. The van der Waals surface area contributed by atoms with Gasteiger partial charge in [0.05, 0.1) is 35.5 Å². The zero-order valence-electron chi connectivity index (χ0n) is 25.0. The smallest absolute Gasteiger partial charge is 0.303 e. The third-order valence-electron chi connectivity index (χ3n) is 7.78. The predicted octanol–water partition coefficient (Wildman–Crippen LogP) is 7.27. The van der Waals surface area contributed by atoms with Gasteiger partial charge in [0.1, 0.15) is 0 Å². The minimum Gasteiger partial charge on any atom is -0.481 e. The van der Waals surface area contributed by atoms with E-state index in [1.165, 1.54) is 4.70 Å². The van der Waals surface area contributed by atoms with Crippen LogP contribution in [0.5, 0.6) is 0 Å². The van der Waals surface area contributed by atoms with Crippen molar-refractivity contribution in [1.82, 2.24) is 10.3 Å². The number of carbonyl (C=O) groups excluding carboxylic acids is 1. The molecular weight excluding hydrogens is 621 g/mol. The first kappa shape index (κ1) is 31.9. The molecule has 0 aliphatic carbocycles. The standard InChI is InChI=1S/C36H34N2O6S2/c39-21-23-8-10-26(11-9-23)31-19-29(22-45-36-38-30-6-1-2-7-32(30)46-36)43-35(44-31)27-14-12-25(13-15-27)28-5-3-4-24(18-28)20-37-33(40)16-17-34(41)42/h1-15,18,29,31,35,39H,16-17,19-22H2,(H,37,40)(H,41,42)/t29-,31+,35+/m0/s1. The number of thiazole rings is 1. The van der Waals surface area contributed by atoms with Crippen LogP contribution in [0.4, 0.5) is 0 Å². The number of thioether (sulfide) groups is 1. The van der Waals surface area contributed by atoms with Crippen molar-refractivity contribution in [2.24, 2.45) is 0 Å². The molecule has 3 N–H and O–H groups in total. The highest BCUT2D eigenvalue weighted by Gasteiger charge is 2.32. The van der Waals surface area contributed by atoms with Crippen molar-refractivity contribution >= 4 is 45.2 Å². The number of nitrogens with zero attached hydrogens (tertiary/aromatic N) is 1. The van der Waals surface area contributed by atoms with Crippen molar-refractivity contribution in [3.63, 3.8) is 0 Å². The number of carboxylic acids is 1. The number of carbonyl (C=O) groups is 2. The van der Waals surface area contributed by atoms with Crippen LogP contribution in [-0.2, 0) is 32.2 Å². The van der Waals surface area contributed by atoms with Gasteiger partial charge >= 0.3 is 5.97 Å². The van der Waals surface area contributed by atoms with Crippen LogP contribution in [0.25, 0.3) is 21.3 Å². The lowest BCUT2D eigenvalue weighted by Gasteiger charge is -2.36. The Bertz CT molecular complexity index is 1760. The Morgan fingerprint density at radius 1 is 0.870 bits per heavy atom. The second-order valence-electron chi connectivity index (χ2n) is 11.1. The van der Waals surface area contributed by atoms with Gasteiger partial charge in [0, 0.05) is 30.7 Å². The number of rotatable bonds is 12.